The second kappa shape index (κ2) is 10.3. The molecule has 164 valence electrons. The second-order valence-electron chi connectivity index (χ2n) is 7.91. The van der Waals surface area contributed by atoms with E-state index >= 15 is 0 Å². The van der Waals surface area contributed by atoms with E-state index in [2.05, 4.69) is 115 Å². The summed E-state index contributed by atoms with van der Waals surface area (Å²) in [5.74, 6) is 0. The van der Waals surface area contributed by atoms with Gasteiger partial charge in [-0.25, -0.2) is 0 Å². The fourth-order valence-corrected chi connectivity index (χ4v) is 7.36. The van der Waals surface area contributed by atoms with Crippen LogP contribution in [0.4, 0.5) is 0 Å². The molecule has 34 heavy (non-hydrogen) atoms. The minimum absolute atomic E-state index is 0.869. The third-order valence-electron chi connectivity index (χ3n) is 5.76. The third-order valence-corrected chi connectivity index (χ3v) is 9.26. The highest BCUT2D eigenvalue weighted by Gasteiger charge is 2.27. The van der Waals surface area contributed by atoms with Gasteiger partial charge in [-0.1, -0.05) is 152 Å². The standard InChI is InChI=1S/C31H25N2P/c1-6-16-26(17-7-1)31(27-18-8-2-9-19-27)32-33-34(28-20-10-3-11-21-28,29-22-12-4-13-23-29)30-24-14-5-15-25-30/h1-25H. The molecule has 5 aromatic rings. The minimum Gasteiger partial charge on any atom is -0.158 e. The lowest BCUT2D eigenvalue weighted by atomic mass is 10.0. The van der Waals surface area contributed by atoms with E-state index in [1.165, 1.54) is 15.9 Å². The van der Waals surface area contributed by atoms with Crippen LogP contribution in [0.3, 0.4) is 0 Å². The first-order valence-corrected chi connectivity index (χ1v) is 13.1. The molecule has 0 aliphatic rings. The summed E-state index contributed by atoms with van der Waals surface area (Å²) in [6, 6.07) is 52.3. The van der Waals surface area contributed by atoms with Crippen molar-refractivity contribution in [3.05, 3.63) is 163 Å². The molecule has 0 atom stereocenters. The molecular weight excluding hydrogens is 431 g/mol. The molecule has 0 aromatic heterocycles. The van der Waals surface area contributed by atoms with Gasteiger partial charge in [0.2, 0.25) is 0 Å². The molecule has 0 heterocycles. The van der Waals surface area contributed by atoms with Gasteiger partial charge in [0.1, 0.15) is 5.71 Å². The highest BCUT2D eigenvalue weighted by Crippen LogP contribution is 2.46. The summed E-state index contributed by atoms with van der Waals surface area (Å²) < 4.78 is 0. The molecule has 0 amide bonds. The van der Waals surface area contributed by atoms with Gasteiger partial charge in [0, 0.05) is 27.0 Å². The maximum absolute atomic E-state index is 5.32. The van der Waals surface area contributed by atoms with Crippen LogP contribution in [0.1, 0.15) is 11.1 Å². The van der Waals surface area contributed by atoms with Crippen LogP contribution >= 0.6 is 7.05 Å². The van der Waals surface area contributed by atoms with Crippen LogP contribution in [0, 0.1) is 0 Å². The lowest BCUT2D eigenvalue weighted by molar-refractivity contribution is 1.26. The van der Waals surface area contributed by atoms with E-state index in [1.807, 2.05) is 36.4 Å². The number of nitrogens with zero attached hydrogens (tertiary/aromatic N) is 2. The van der Waals surface area contributed by atoms with Crippen molar-refractivity contribution in [3.63, 3.8) is 0 Å². The Morgan fingerprint density at radius 3 is 1.00 bits per heavy atom. The number of hydrogen-bond acceptors (Lipinski definition) is 1. The zero-order valence-corrected chi connectivity index (χ0v) is 19.7. The normalized spacial score (nSPS) is 10.9. The maximum Gasteiger partial charge on any atom is 0.100 e. The van der Waals surface area contributed by atoms with Crippen molar-refractivity contribution in [2.24, 2.45) is 9.96 Å². The van der Waals surface area contributed by atoms with E-state index in [0.717, 1.165) is 16.8 Å². The summed E-state index contributed by atoms with van der Waals surface area (Å²) in [6.45, 7) is 0. The molecule has 2 nitrogen and oxygen atoms in total. The van der Waals surface area contributed by atoms with Crippen LogP contribution in [0.5, 0.6) is 0 Å². The quantitative estimate of drug-likeness (QED) is 0.156. The van der Waals surface area contributed by atoms with E-state index in [-0.39, 0.29) is 0 Å². The Hall–Kier alpha value is -4.00. The Labute approximate surface area is 201 Å². The number of hydrogen-bond donors (Lipinski definition) is 0. The van der Waals surface area contributed by atoms with Gasteiger partial charge in [0.05, 0.1) is 7.05 Å². The van der Waals surface area contributed by atoms with Gasteiger partial charge in [-0.3, -0.25) is 0 Å². The van der Waals surface area contributed by atoms with Crippen LogP contribution in [-0.4, -0.2) is 5.71 Å². The zero-order valence-electron chi connectivity index (χ0n) is 18.8. The van der Waals surface area contributed by atoms with Crippen molar-refractivity contribution in [2.75, 3.05) is 0 Å². The van der Waals surface area contributed by atoms with Gasteiger partial charge in [-0.15, -0.1) is 0 Å². The Balaban J connectivity index is 1.86. The molecule has 5 aromatic carbocycles. The van der Waals surface area contributed by atoms with Crippen molar-refractivity contribution in [2.45, 2.75) is 0 Å². The Kier molecular flexibility index (Phi) is 6.61. The third kappa shape index (κ3) is 4.41. The van der Waals surface area contributed by atoms with Gasteiger partial charge >= 0.3 is 0 Å². The predicted molar refractivity (Wildman–Crippen MR) is 146 cm³/mol. The molecular formula is C31H25N2P. The summed E-state index contributed by atoms with van der Waals surface area (Å²) in [5.41, 5.74) is 2.96. The highest BCUT2D eigenvalue weighted by atomic mass is 31.2. The summed E-state index contributed by atoms with van der Waals surface area (Å²) in [5, 5.41) is 8.59. The average Bonchev–Trinajstić information content (AvgIpc) is 2.94. The van der Waals surface area contributed by atoms with Crippen LogP contribution < -0.4 is 15.9 Å². The summed E-state index contributed by atoms with van der Waals surface area (Å²) in [6.07, 6.45) is 0. The van der Waals surface area contributed by atoms with Gasteiger partial charge in [-0.2, -0.15) is 9.96 Å². The maximum atomic E-state index is 5.32. The zero-order chi connectivity index (χ0) is 23.1. The summed E-state index contributed by atoms with van der Waals surface area (Å²) in [4.78, 5) is 5.32. The first-order chi connectivity index (χ1) is 16.9. The molecule has 0 saturated carbocycles. The minimum atomic E-state index is -2.41. The first-order valence-electron chi connectivity index (χ1n) is 11.3. The van der Waals surface area contributed by atoms with Crippen molar-refractivity contribution in [1.29, 1.82) is 0 Å². The number of rotatable bonds is 6. The fraction of sp³-hybridized carbons (Fsp3) is 0. The van der Waals surface area contributed by atoms with Crippen LogP contribution in [0.15, 0.2) is 162 Å². The molecule has 0 radical (unpaired) electrons. The van der Waals surface area contributed by atoms with Gasteiger partial charge < -0.3 is 0 Å². The summed E-state index contributed by atoms with van der Waals surface area (Å²) >= 11 is 0. The van der Waals surface area contributed by atoms with E-state index in [4.69, 9.17) is 9.96 Å². The lowest BCUT2D eigenvalue weighted by Gasteiger charge is -2.25. The van der Waals surface area contributed by atoms with Crippen molar-refractivity contribution in [1.82, 2.24) is 0 Å². The van der Waals surface area contributed by atoms with Crippen LogP contribution in [0.2, 0.25) is 0 Å². The molecule has 0 saturated heterocycles. The van der Waals surface area contributed by atoms with Crippen molar-refractivity contribution < 1.29 is 0 Å². The van der Waals surface area contributed by atoms with Gasteiger partial charge in [0.25, 0.3) is 0 Å². The lowest BCUT2D eigenvalue weighted by Crippen LogP contribution is -2.25. The molecule has 0 N–H and O–H groups in total. The summed E-state index contributed by atoms with van der Waals surface area (Å²) in [7, 11) is -2.41. The van der Waals surface area contributed by atoms with E-state index < -0.39 is 7.05 Å². The first kappa shape index (κ1) is 21.8. The van der Waals surface area contributed by atoms with E-state index in [1.54, 1.807) is 0 Å². The van der Waals surface area contributed by atoms with Crippen LogP contribution in [-0.2, 0) is 0 Å². The van der Waals surface area contributed by atoms with Crippen molar-refractivity contribution >= 4 is 28.7 Å². The topological polar surface area (TPSA) is 24.7 Å². The second-order valence-corrected chi connectivity index (χ2v) is 10.9. The molecule has 0 fully saturated rings. The molecule has 5 rings (SSSR count). The van der Waals surface area contributed by atoms with Crippen LogP contribution in [0.25, 0.3) is 0 Å². The molecule has 0 spiro atoms. The SMILES string of the molecule is c1ccc(C(=NN=P(c2ccccc2)(c2ccccc2)c2ccccc2)c2ccccc2)cc1. The monoisotopic (exact) mass is 456 g/mol. The average molecular weight is 457 g/mol. The highest BCUT2D eigenvalue weighted by molar-refractivity contribution is 7.87. The predicted octanol–water partition coefficient (Wildman–Crippen LogP) is 6.62. The molecule has 0 unspecified atom stereocenters. The smallest absolute Gasteiger partial charge is 0.100 e. The molecule has 3 heteroatoms. The van der Waals surface area contributed by atoms with Crippen molar-refractivity contribution in [3.8, 4) is 0 Å². The van der Waals surface area contributed by atoms with E-state index in [9.17, 15) is 0 Å². The Morgan fingerprint density at radius 1 is 0.382 bits per heavy atom. The fourth-order valence-electron chi connectivity index (χ4n) is 4.12. The molecule has 0 aliphatic carbocycles. The van der Waals surface area contributed by atoms with Gasteiger partial charge in [0.15, 0.2) is 0 Å². The molecule has 0 bridgehead atoms. The number of benzene rings is 5. The Morgan fingerprint density at radius 2 is 0.676 bits per heavy atom. The van der Waals surface area contributed by atoms with E-state index in [0.29, 0.717) is 0 Å². The Bertz CT molecular complexity index is 1270. The largest absolute Gasteiger partial charge is 0.158 e. The van der Waals surface area contributed by atoms with Gasteiger partial charge in [-0.05, 0) is 0 Å². The molecule has 0 aliphatic heterocycles.